The van der Waals surface area contributed by atoms with E-state index in [2.05, 4.69) is 96.1 Å². The predicted molar refractivity (Wildman–Crippen MR) is 164 cm³/mol. The van der Waals surface area contributed by atoms with Crippen LogP contribution in [0.25, 0.3) is 16.3 Å². The molecule has 0 radical (unpaired) electrons. The van der Waals surface area contributed by atoms with Crippen LogP contribution >= 0.6 is 23.1 Å². The third-order valence-corrected chi connectivity index (χ3v) is 10.1. The smallest absolute Gasteiger partial charge is 0.262 e. The number of thiazole rings is 1. The van der Waals surface area contributed by atoms with Crippen molar-refractivity contribution in [2.75, 3.05) is 23.8 Å². The van der Waals surface area contributed by atoms with Gasteiger partial charge in [0.15, 0.2) is 0 Å². The zero-order valence-corrected chi connectivity index (χ0v) is 25.3. The lowest BCUT2D eigenvalue weighted by Crippen LogP contribution is -2.33. The van der Waals surface area contributed by atoms with E-state index in [1.54, 1.807) is 23.1 Å². The Hall–Kier alpha value is -2.85. The van der Waals surface area contributed by atoms with Crippen molar-refractivity contribution in [3.8, 4) is 0 Å². The highest BCUT2D eigenvalue weighted by Gasteiger charge is 2.24. The summed E-state index contributed by atoms with van der Waals surface area (Å²) in [4.78, 5) is 3.56. The Bertz CT molecular complexity index is 1620. The van der Waals surface area contributed by atoms with E-state index in [0.29, 0.717) is 0 Å². The zero-order valence-electron chi connectivity index (χ0n) is 22.8. The molecule has 1 aromatic heterocycles. The molecule has 0 fully saturated rings. The maximum absolute atomic E-state index is 11.1. The maximum Gasteiger partial charge on any atom is 0.262 e. The number of aryl methyl sites for hydroxylation is 1. The number of nitrogens with zero attached hydrogens (tertiary/aromatic N) is 2. The molecule has 0 unspecified atom stereocenters. The van der Waals surface area contributed by atoms with Crippen molar-refractivity contribution in [1.29, 1.82) is 0 Å². The van der Waals surface area contributed by atoms with Gasteiger partial charge in [0.1, 0.15) is 17.0 Å². The molecule has 0 atom stereocenters. The molecule has 5 rings (SSSR count). The molecule has 2 heterocycles. The number of ether oxygens (including phenoxy) is 1. The van der Waals surface area contributed by atoms with Crippen LogP contribution in [0.3, 0.4) is 0 Å². The van der Waals surface area contributed by atoms with Crippen LogP contribution in [0, 0.1) is 0 Å². The van der Waals surface area contributed by atoms with Gasteiger partial charge in [-0.1, -0.05) is 53.4 Å². The molecule has 3 aromatic rings. The molecule has 0 amide bonds. The lowest BCUT2D eigenvalue weighted by molar-refractivity contribution is -0.665. The molecule has 0 saturated heterocycles. The summed E-state index contributed by atoms with van der Waals surface area (Å²) in [5.41, 5.74) is 4.64. The second-order valence-electron chi connectivity index (χ2n) is 9.67. The van der Waals surface area contributed by atoms with Gasteiger partial charge in [-0.2, -0.15) is 4.57 Å². The van der Waals surface area contributed by atoms with E-state index in [1.165, 1.54) is 30.8 Å². The Morgan fingerprint density at radius 1 is 1.05 bits per heavy atom. The van der Waals surface area contributed by atoms with Gasteiger partial charge in [-0.05, 0) is 81.0 Å². The Balaban J connectivity index is 1.47. The van der Waals surface area contributed by atoms with Gasteiger partial charge >= 0.3 is 0 Å². The van der Waals surface area contributed by atoms with Crippen LogP contribution in [0.2, 0.25) is 0 Å². The van der Waals surface area contributed by atoms with Crippen molar-refractivity contribution in [2.45, 2.75) is 51.0 Å². The number of thioether (sulfide) groups is 1. The van der Waals surface area contributed by atoms with Crippen molar-refractivity contribution in [1.82, 2.24) is 0 Å². The fourth-order valence-electron chi connectivity index (χ4n) is 5.17. The third-order valence-electron chi connectivity index (χ3n) is 7.02. The maximum atomic E-state index is 11.1. The molecule has 2 aliphatic rings. The van der Waals surface area contributed by atoms with Crippen molar-refractivity contribution >= 4 is 55.2 Å². The summed E-state index contributed by atoms with van der Waals surface area (Å²) in [6.45, 7) is 6.25. The first-order chi connectivity index (χ1) is 19.4. The molecule has 0 saturated carbocycles. The quantitative estimate of drug-likeness (QED) is 0.143. The van der Waals surface area contributed by atoms with Crippen LogP contribution < -0.4 is 9.47 Å². The van der Waals surface area contributed by atoms with Gasteiger partial charge < -0.3 is 14.2 Å². The minimum atomic E-state index is -4.27. The molecular weight excluding hydrogens is 561 g/mol. The number of hydrogen-bond acceptors (Lipinski definition) is 7. The van der Waals surface area contributed by atoms with Gasteiger partial charge in [0.05, 0.1) is 27.4 Å². The summed E-state index contributed by atoms with van der Waals surface area (Å²) in [6, 6.07) is 16.9. The molecule has 210 valence electrons. The molecule has 6 nitrogen and oxygen atoms in total. The second kappa shape index (κ2) is 12.8. The van der Waals surface area contributed by atoms with Crippen LogP contribution in [0.5, 0.6) is 0 Å². The minimum Gasteiger partial charge on any atom is -0.748 e. The Labute approximate surface area is 245 Å². The molecular formula is C31H34N2O4S3. The summed E-state index contributed by atoms with van der Waals surface area (Å²) >= 11 is 3.53. The van der Waals surface area contributed by atoms with Crippen LogP contribution in [0.4, 0.5) is 5.69 Å². The number of para-hydroxylation sites is 2. The van der Waals surface area contributed by atoms with E-state index in [0.717, 1.165) is 49.3 Å². The molecule has 2 aromatic carbocycles. The average Bonchev–Trinajstić information content (AvgIpc) is 3.50. The normalized spacial score (nSPS) is 18.0. The average molecular weight is 595 g/mol. The highest BCUT2D eigenvalue weighted by atomic mass is 32.2. The lowest BCUT2D eigenvalue weighted by Gasteiger charge is -2.22. The fourth-order valence-corrected chi connectivity index (χ4v) is 7.89. The Kier molecular flexibility index (Phi) is 9.15. The second-order valence-corrected chi connectivity index (χ2v) is 13.3. The highest BCUT2D eigenvalue weighted by molar-refractivity contribution is 8.03. The number of rotatable bonds is 10. The number of benzene rings is 2. The van der Waals surface area contributed by atoms with Crippen molar-refractivity contribution in [3.05, 3.63) is 93.7 Å². The first-order valence-electron chi connectivity index (χ1n) is 13.7. The van der Waals surface area contributed by atoms with E-state index in [1.807, 2.05) is 0 Å². The number of hydrogen-bond donors (Lipinski definition) is 0. The fraction of sp³-hybridized carbons (Fsp3) is 0.323. The molecule has 1 aliphatic carbocycles. The predicted octanol–water partition coefficient (Wildman–Crippen LogP) is 7.01. The van der Waals surface area contributed by atoms with Crippen LogP contribution in [-0.4, -0.2) is 31.9 Å². The minimum absolute atomic E-state index is 0.168. The molecule has 0 bridgehead atoms. The molecule has 0 N–H and O–H groups in total. The Morgan fingerprint density at radius 2 is 1.85 bits per heavy atom. The van der Waals surface area contributed by atoms with E-state index in [-0.39, 0.29) is 13.0 Å². The Morgan fingerprint density at radius 3 is 2.65 bits per heavy atom. The van der Waals surface area contributed by atoms with Crippen molar-refractivity contribution < 1.29 is 22.3 Å². The van der Waals surface area contributed by atoms with Gasteiger partial charge in [-0.3, -0.25) is 0 Å². The lowest BCUT2D eigenvalue weighted by atomic mass is 9.92. The number of aromatic nitrogens is 1. The number of allylic oxidation sites excluding steroid dienone is 5. The van der Waals surface area contributed by atoms with Gasteiger partial charge in [-0.25, -0.2) is 8.42 Å². The highest BCUT2D eigenvalue weighted by Crippen LogP contribution is 2.45. The molecule has 9 heteroatoms. The summed E-state index contributed by atoms with van der Waals surface area (Å²) in [5.74, 6) is 0.378. The topological polar surface area (TPSA) is 73.5 Å². The van der Waals surface area contributed by atoms with Gasteiger partial charge in [-0.15, -0.1) is 0 Å². The molecule has 0 spiro atoms. The number of anilines is 1. The molecule has 40 heavy (non-hydrogen) atoms. The van der Waals surface area contributed by atoms with Crippen LogP contribution in [-0.2, 0) is 21.4 Å². The van der Waals surface area contributed by atoms with Crippen LogP contribution in [0.1, 0.15) is 44.5 Å². The first-order valence-corrected chi connectivity index (χ1v) is 16.9. The van der Waals surface area contributed by atoms with Crippen molar-refractivity contribution in [3.63, 3.8) is 0 Å². The number of fused-ring (bicyclic) bond motifs is 2. The summed E-state index contributed by atoms with van der Waals surface area (Å²) < 4.78 is 43.2. The SMILES string of the molecule is CCN1/C(=C/C=C2\CCCC(/C=C/c3sc4ccccc4[n+]3CC)=C2OCCCS(=O)(=O)[O-])Sc2ccccc21. The summed E-state index contributed by atoms with van der Waals surface area (Å²) in [6.07, 6.45) is 11.5. The summed E-state index contributed by atoms with van der Waals surface area (Å²) in [7, 11) is -4.27. The van der Waals surface area contributed by atoms with E-state index >= 15 is 0 Å². The van der Waals surface area contributed by atoms with Gasteiger partial charge in [0.2, 0.25) is 5.52 Å². The van der Waals surface area contributed by atoms with Crippen molar-refractivity contribution in [2.24, 2.45) is 0 Å². The van der Waals surface area contributed by atoms with E-state index in [4.69, 9.17) is 4.74 Å². The first kappa shape index (κ1) is 28.7. The monoisotopic (exact) mass is 594 g/mol. The van der Waals surface area contributed by atoms with Gasteiger partial charge in [0.25, 0.3) is 5.01 Å². The largest absolute Gasteiger partial charge is 0.748 e. The van der Waals surface area contributed by atoms with E-state index in [9.17, 15) is 13.0 Å². The third kappa shape index (κ3) is 6.54. The molecule has 1 aliphatic heterocycles. The zero-order chi connectivity index (χ0) is 28.1. The van der Waals surface area contributed by atoms with Gasteiger partial charge in [0, 0.05) is 29.3 Å². The van der Waals surface area contributed by atoms with E-state index < -0.39 is 15.9 Å². The summed E-state index contributed by atoms with van der Waals surface area (Å²) in [5, 5.41) is 2.34. The van der Waals surface area contributed by atoms with Crippen LogP contribution in [0.15, 0.2) is 93.6 Å². The standard InChI is InChI=1S/C31H34N2O4S3/c1-3-32-25-13-5-7-15-27(25)38-29(32)19-17-23-11-9-12-24(31(23)37-21-10-22-40(34,35)36)18-20-30-33(4-2)26-14-6-8-16-28(26)39-30/h5-8,13-20H,3-4,9-12,21-22H2,1-2H3.